The summed E-state index contributed by atoms with van der Waals surface area (Å²) in [6.45, 7) is 3.75. The lowest BCUT2D eigenvalue weighted by Gasteiger charge is -2.28. The summed E-state index contributed by atoms with van der Waals surface area (Å²) in [5.74, 6) is -1.05. The van der Waals surface area contributed by atoms with Gasteiger partial charge in [-0.2, -0.15) is 0 Å². The summed E-state index contributed by atoms with van der Waals surface area (Å²) in [5.41, 5.74) is 3.90. The smallest absolute Gasteiger partial charge is 0.326 e. The lowest BCUT2D eigenvalue weighted by Crippen LogP contribution is -2.42. The van der Waals surface area contributed by atoms with Crippen LogP contribution >= 0.6 is 0 Å². The zero-order valence-corrected chi connectivity index (χ0v) is 21.0. The number of nitrogens with one attached hydrogen (secondary N) is 3. The normalized spacial score (nSPS) is 14.4. The number of nitrogens with zero attached hydrogens (tertiary/aromatic N) is 2. The molecule has 10 nitrogen and oxygen atoms in total. The average molecular weight is 516 g/mol. The Morgan fingerprint density at radius 2 is 1.84 bits per heavy atom. The summed E-state index contributed by atoms with van der Waals surface area (Å²) < 4.78 is 5.30. The number of hydrogen-bond acceptors (Lipinski definition) is 6. The van der Waals surface area contributed by atoms with Crippen molar-refractivity contribution in [2.45, 2.75) is 25.8 Å². The van der Waals surface area contributed by atoms with E-state index in [0.29, 0.717) is 38.3 Å². The minimum absolute atomic E-state index is 0.0570. The first-order chi connectivity index (χ1) is 18.4. The number of aromatic amines is 2. The molecule has 1 atom stereocenters. The minimum atomic E-state index is -0.928. The third kappa shape index (κ3) is 5.60. The van der Waals surface area contributed by atoms with Crippen LogP contribution in [0.4, 0.5) is 0 Å². The predicted molar refractivity (Wildman–Crippen MR) is 141 cm³/mol. The molecule has 0 aliphatic carbocycles. The Balaban J connectivity index is 1.32. The molecule has 10 heteroatoms. The highest BCUT2D eigenvalue weighted by Crippen LogP contribution is 2.24. The first-order valence-corrected chi connectivity index (χ1v) is 12.5. The maximum absolute atomic E-state index is 13.1. The highest BCUT2D eigenvalue weighted by molar-refractivity contribution is 5.95. The van der Waals surface area contributed by atoms with Crippen molar-refractivity contribution in [1.82, 2.24) is 25.2 Å². The SMILES string of the molecule is Cc1cc(Cc2ccc(C(=O)NC(CC(=O)N3CCOCC3)c3[nH]c(=O)[nH]c3O)cc2)c2ccccc2n1. The molecule has 0 bridgehead atoms. The van der Waals surface area contributed by atoms with Gasteiger partial charge in [0.25, 0.3) is 5.91 Å². The van der Waals surface area contributed by atoms with Gasteiger partial charge in [-0.1, -0.05) is 30.3 Å². The number of rotatable bonds is 7. The van der Waals surface area contributed by atoms with Gasteiger partial charge in [0.1, 0.15) is 5.69 Å². The number of aromatic hydroxyl groups is 1. The molecule has 1 fully saturated rings. The lowest BCUT2D eigenvalue weighted by atomic mass is 9.99. The van der Waals surface area contributed by atoms with E-state index < -0.39 is 23.5 Å². The Labute approximate surface area is 218 Å². The Morgan fingerprint density at radius 3 is 2.55 bits per heavy atom. The molecular weight excluding hydrogens is 486 g/mol. The maximum Gasteiger partial charge on any atom is 0.326 e. The number of aryl methyl sites for hydroxylation is 1. The molecule has 4 N–H and O–H groups in total. The Kier molecular flexibility index (Phi) is 7.23. The number of aromatic nitrogens is 3. The standard InChI is InChI=1S/C28H29N5O5/c1-17-14-20(21-4-2-3-5-22(21)29-17)15-18-6-8-19(9-7-18)26(35)30-23(25-27(36)32-28(37)31-25)16-24(34)33-10-12-38-13-11-33/h2-9,14,23,36H,10-13,15-16H2,1H3,(H,30,35)(H2,31,32,37). The molecule has 38 heavy (non-hydrogen) atoms. The number of H-pyrrole nitrogens is 2. The largest absolute Gasteiger partial charge is 0.493 e. The number of para-hydroxylation sites is 1. The summed E-state index contributed by atoms with van der Waals surface area (Å²) in [4.78, 5) is 48.8. The van der Waals surface area contributed by atoms with E-state index in [1.54, 1.807) is 17.0 Å². The topological polar surface area (TPSA) is 140 Å². The number of fused-ring (bicyclic) bond motifs is 1. The van der Waals surface area contributed by atoms with Crippen molar-refractivity contribution in [3.8, 4) is 5.88 Å². The van der Waals surface area contributed by atoms with Crippen LogP contribution in [0.3, 0.4) is 0 Å². The zero-order valence-electron chi connectivity index (χ0n) is 21.0. The van der Waals surface area contributed by atoms with Crippen LogP contribution in [-0.2, 0) is 16.0 Å². The summed E-state index contributed by atoms with van der Waals surface area (Å²) in [5, 5.41) is 14.1. The van der Waals surface area contributed by atoms with Crippen LogP contribution in [0, 0.1) is 6.92 Å². The Hall–Kier alpha value is -4.44. The van der Waals surface area contributed by atoms with Crippen LogP contribution in [-0.4, -0.2) is 63.1 Å². The molecule has 1 aliphatic rings. The van der Waals surface area contributed by atoms with Crippen LogP contribution in [0.25, 0.3) is 10.9 Å². The minimum Gasteiger partial charge on any atom is -0.493 e. The van der Waals surface area contributed by atoms with E-state index in [0.717, 1.165) is 27.7 Å². The van der Waals surface area contributed by atoms with E-state index in [2.05, 4.69) is 32.4 Å². The third-order valence-electron chi connectivity index (χ3n) is 6.67. The maximum atomic E-state index is 13.1. The van der Waals surface area contributed by atoms with Crippen molar-refractivity contribution in [3.05, 3.63) is 93.2 Å². The van der Waals surface area contributed by atoms with Gasteiger partial charge < -0.3 is 25.0 Å². The molecule has 5 rings (SSSR count). The fourth-order valence-corrected chi connectivity index (χ4v) is 4.76. The fraction of sp³-hybridized carbons (Fsp3) is 0.286. The predicted octanol–water partition coefficient (Wildman–Crippen LogP) is 2.58. The van der Waals surface area contributed by atoms with Crippen molar-refractivity contribution in [1.29, 1.82) is 0 Å². The molecule has 1 aliphatic heterocycles. The van der Waals surface area contributed by atoms with Gasteiger partial charge in [-0.3, -0.25) is 19.6 Å². The number of amides is 2. The lowest BCUT2D eigenvalue weighted by molar-refractivity contribution is -0.135. The van der Waals surface area contributed by atoms with Crippen molar-refractivity contribution >= 4 is 22.7 Å². The molecule has 4 aromatic rings. The van der Waals surface area contributed by atoms with E-state index in [4.69, 9.17) is 4.74 Å². The van der Waals surface area contributed by atoms with Gasteiger partial charge in [0, 0.05) is 29.7 Å². The zero-order chi connectivity index (χ0) is 26.6. The van der Waals surface area contributed by atoms with Crippen LogP contribution in [0.5, 0.6) is 5.88 Å². The van der Waals surface area contributed by atoms with E-state index in [1.807, 2.05) is 37.3 Å². The second-order valence-corrected chi connectivity index (χ2v) is 9.38. The number of imidazole rings is 1. The molecular formula is C28H29N5O5. The van der Waals surface area contributed by atoms with Gasteiger partial charge in [-0.05, 0) is 48.7 Å². The molecule has 3 heterocycles. The Morgan fingerprint density at radius 1 is 1.11 bits per heavy atom. The Bertz CT molecular complexity index is 1520. The van der Waals surface area contributed by atoms with Gasteiger partial charge >= 0.3 is 5.69 Å². The molecule has 2 amide bonds. The highest BCUT2D eigenvalue weighted by Gasteiger charge is 2.27. The quantitative estimate of drug-likeness (QED) is 0.298. The summed E-state index contributed by atoms with van der Waals surface area (Å²) in [6.07, 6.45) is 0.556. The van der Waals surface area contributed by atoms with Crippen molar-refractivity contribution in [3.63, 3.8) is 0 Å². The van der Waals surface area contributed by atoms with E-state index in [1.165, 1.54) is 0 Å². The van der Waals surface area contributed by atoms with Crippen LogP contribution in [0.15, 0.2) is 59.4 Å². The first-order valence-electron chi connectivity index (χ1n) is 12.5. The first kappa shape index (κ1) is 25.2. The van der Waals surface area contributed by atoms with Gasteiger partial charge in [0.05, 0.1) is 31.2 Å². The van der Waals surface area contributed by atoms with Gasteiger partial charge in [0.2, 0.25) is 11.8 Å². The van der Waals surface area contributed by atoms with Gasteiger partial charge in [-0.25, -0.2) is 4.79 Å². The van der Waals surface area contributed by atoms with Crippen molar-refractivity contribution in [2.75, 3.05) is 26.3 Å². The van der Waals surface area contributed by atoms with Gasteiger partial charge in [-0.15, -0.1) is 0 Å². The second-order valence-electron chi connectivity index (χ2n) is 9.38. The highest BCUT2D eigenvalue weighted by atomic mass is 16.5. The van der Waals surface area contributed by atoms with E-state index >= 15 is 0 Å². The van der Waals surface area contributed by atoms with E-state index in [-0.39, 0.29) is 18.0 Å². The third-order valence-corrected chi connectivity index (χ3v) is 6.67. The average Bonchev–Trinajstić information content (AvgIpc) is 3.26. The monoisotopic (exact) mass is 515 g/mol. The number of pyridine rings is 1. The fourth-order valence-electron chi connectivity index (χ4n) is 4.76. The number of hydrogen-bond donors (Lipinski definition) is 4. The molecule has 1 unspecified atom stereocenters. The second kappa shape index (κ2) is 10.9. The molecule has 0 radical (unpaired) electrons. The number of morpholine rings is 1. The molecule has 0 saturated carbocycles. The van der Waals surface area contributed by atoms with Crippen LogP contribution in [0.2, 0.25) is 0 Å². The molecule has 2 aromatic heterocycles. The van der Waals surface area contributed by atoms with Gasteiger partial charge in [0.15, 0.2) is 0 Å². The summed E-state index contributed by atoms with van der Waals surface area (Å²) in [6, 6.07) is 16.4. The summed E-state index contributed by atoms with van der Waals surface area (Å²) in [7, 11) is 0. The van der Waals surface area contributed by atoms with Crippen LogP contribution < -0.4 is 11.0 Å². The number of benzene rings is 2. The molecule has 2 aromatic carbocycles. The number of ether oxygens (including phenoxy) is 1. The molecule has 0 spiro atoms. The number of carbonyl (C=O) groups is 2. The summed E-state index contributed by atoms with van der Waals surface area (Å²) >= 11 is 0. The van der Waals surface area contributed by atoms with E-state index in [9.17, 15) is 19.5 Å². The van der Waals surface area contributed by atoms with Crippen LogP contribution in [0.1, 0.15) is 45.3 Å². The molecule has 1 saturated heterocycles. The molecule has 196 valence electrons. The van der Waals surface area contributed by atoms with Crippen molar-refractivity contribution < 1.29 is 19.4 Å². The number of carbonyl (C=O) groups excluding carboxylic acids is 2. The van der Waals surface area contributed by atoms with Crippen molar-refractivity contribution in [2.24, 2.45) is 0 Å².